The summed E-state index contributed by atoms with van der Waals surface area (Å²) in [6, 6.07) is 12.1. The first-order valence-corrected chi connectivity index (χ1v) is 9.32. The molecule has 1 aromatic carbocycles. The van der Waals surface area contributed by atoms with E-state index in [2.05, 4.69) is 22.8 Å². The molecule has 1 saturated carbocycles. The highest BCUT2D eigenvalue weighted by atomic mass is 32.1. The zero-order valence-electron chi connectivity index (χ0n) is 13.9. The van der Waals surface area contributed by atoms with Gasteiger partial charge in [0.1, 0.15) is 5.60 Å². The Bertz CT molecular complexity index is 651. The smallest absolute Gasteiger partial charge is 0.315 e. The number of benzene rings is 1. The van der Waals surface area contributed by atoms with E-state index in [9.17, 15) is 9.90 Å². The number of hydrogen-bond donors (Lipinski definition) is 3. The van der Waals surface area contributed by atoms with Crippen molar-refractivity contribution < 1.29 is 9.90 Å². The van der Waals surface area contributed by atoms with E-state index in [-0.39, 0.29) is 18.6 Å². The Labute approximate surface area is 146 Å². The third-order valence-corrected chi connectivity index (χ3v) is 5.23. The van der Waals surface area contributed by atoms with Crippen LogP contribution in [0.25, 0.3) is 0 Å². The number of aliphatic hydroxyl groups is 1. The van der Waals surface area contributed by atoms with Crippen LogP contribution in [0.15, 0.2) is 47.2 Å². The van der Waals surface area contributed by atoms with Crippen LogP contribution >= 0.6 is 11.3 Å². The Morgan fingerprint density at radius 1 is 1.33 bits per heavy atom. The number of urea groups is 1. The van der Waals surface area contributed by atoms with E-state index in [0.717, 1.165) is 12.0 Å². The Balaban J connectivity index is 1.52. The van der Waals surface area contributed by atoms with Gasteiger partial charge < -0.3 is 15.7 Å². The van der Waals surface area contributed by atoms with Crippen LogP contribution < -0.4 is 10.6 Å². The number of rotatable bonds is 7. The van der Waals surface area contributed by atoms with Crippen LogP contribution in [0.3, 0.4) is 0 Å². The molecular formula is C19H24N2O2S. The van der Waals surface area contributed by atoms with Crippen molar-refractivity contribution in [2.45, 2.75) is 37.8 Å². The fourth-order valence-corrected chi connectivity index (χ4v) is 3.63. The molecule has 24 heavy (non-hydrogen) atoms. The molecular weight excluding hydrogens is 320 g/mol. The standard InChI is InChI=1S/C19H24N2O2S/c1-19(23,16-9-10-24-12-16)13-20-18(22)21-17(15-7-8-15)11-14-5-3-2-4-6-14/h2-6,9-10,12,15,17,23H,7-8,11,13H2,1H3,(H2,20,21,22). The van der Waals surface area contributed by atoms with Crippen molar-refractivity contribution >= 4 is 17.4 Å². The lowest BCUT2D eigenvalue weighted by atomic mass is 9.99. The largest absolute Gasteiger partial charge is 0.384 e. The fraction of sp³-hybridized carbons (Fsp3) is 0.421. The SMILES string of the molecule is CC(O)(CNC(=O)NC(Cc1ccccc1)C1CC1)c1ccsc1. The molecule has 1 heterocycles. The predicted molar refractivity (Wildman–Crippen MR) is 97.1 cm³/mol. The van der Waals surface area contributed by atoms with Gasteiger partial charge in [0.15, 0.2) is 0 Å². The second-order valence-electron chi connectivity index (χ2n) is 6.75. The van der Waals surface area contributed by atoms with Gasteiger partial charge in [0.2, 0.25) is 0 Å². The summed E-state index contributed by atoms with van der Waals surface area (Å²) in [7, 11) is 0. The number of carbonyl (C=O) groups excluding carboxylic acids is 1. The van der Waals surface area contributed by atoms with Gasteiger partial charge in [-0.2, -0.15) is 11.3 Å². The summed E-state index contributed by atoms with van der Waals surface area (Å²) >= 11 is 1.54. The van der Waals surface area contributed by atoms with Gasteiger partial charge in [0.25, 0.3) is 0 Å². The molecule has 0 aliphatic heterocycles. The molecule has 1 aliphatic carbocycles. The van der Waals surface area contributed by atoms with E-state index in [1.54, 1.807) is 6.92 Å². The molecule has 1 fully saturated rings. The molecule has 2 unspecified atom stereocenters. The molecule has 0 bridgehead atoms. The van der Waals surface area contributed by atoms with Crippen molar-refractivity contribution in [1.82, 2.24) is 10.6 Å². The first-order chi connectivity index (χ1) is 11.5. The quantitative estimate of drug-likeness (QED) is 0.722. The normalized spacial score (nSPS) is 17.8. The van der Waals surface area contributed by atoms with Gasteiger partial charge in [-0.15, -0.1) is 0 Å². The van der Waals surface area contributed by atoms with Gasteiger partial charge in [-0.1, -0.05) is 30.3 Å². The molecule has 128 valence electrons. The summed E-state index contributed by atoms with van der Waals surface area (Å²) in [5.74, 6) is 0.563. The van der Waals surface area contributed by atoms with E-state index >= 15 is 0 Å². The summed E-state index contributed by atoms with van der Waals surface area (Å²) < 4.78 is 0. The van der Waals surface area contributed by atoms with Crippen LogP contribution in [0.4, 0.5) is 4.79 Å². The highest BCUT2D eigenvalue weighted by molar-refractivity contribution is 7.08. The molecule has 0 saturated heterocycles. The van der Waals surface area contributed by atoms with Gasteiger partial charge in [0.05, 0.1) is 6.54 Å². The Morgan fingerprint density at radius 2 is 2.08 bits per heavy atom. The summed E-state index contributed by atoms with van der Waals surface area (Å²) in [5, 5.41) is 20.2. The van der Waals surface area contributed by atoms with E-state index in [0.29, 0.717) is 5.92 Å². The minimum Gasteiger partial charge on any atom is -0.384 e. The number of amides is 2. The van der Waals surface area contributed by atoms with Crippen LogP contribution in [0.1, 0.15) is 30.9 Å². The van der Waals surface area contributed by atoms with Gasteiger partial charge in [-0.05, 0) is 60.1 Å². The molecule has 2 atom stereocenters. The maximum Gasteiger partial charge on any atom is 0.315 e. The lowest BCUT2D eigenvalue weighted by molar-refractivity contribution is 0.0596. The minimum atomic E-state index is -1.05. The third kappa shape index (κ3) is 4.58. The second kappa shape index (κ2) is 7.36. The van der Waals surface area contributed by atoms with E-state index in [4.69, 9.17) is 0 Å². The monoisotopic (exact) mass is 344 g/mol. The highest BCUT2D eigenvalue weighted by Crippen LogP contribution is 2.34. The molecule has 4 nitrogen and oxygen atoms in total. The molecule has 1 aromatic heterocycles. The maximum absolute atomic E-state index is 12.3. The number of nitrogens with one attached hydrogen (secondary N) is 2. The number of thiophene rings is 1. The Hall–Kier alpha value is -1.85. The molecule has 0 spiro atoms. The molecule has 2 amide bonds. The van der Waals surface area contributed by atoms with E-state index in [1.807, 2.05) is 35.0 Å². The van der Waals surface area contributed by atoms with Crippen LogP contribution in [-0.4, -0.2) is 23.7 Å². The summed E-state index contributed by atoms with van der Waals surface area (Å²) in [5.41, 5.74) is 1.02. The predicted octanol–water partition coefficient (Wildman–Crippen LogP) is 3.28. The van der Waals surface area contributed by atoms with Gasteiger partial charge >= 0.3 is 6.03 Å². The molecule has 2 aromatic rings. The topological polar surface area (TPSA) is 61.4 Å². The molecule has 0 radical (unpaired) electrons. The summed E-state index contributed by atoms with van der Waals surface area (Å²) in [6.07, 6.45) is 3.19. The Morgan fingerprint density at radius 3 is 2.71 bits per heavy atom. The highest BCUT2D eigenvalue weighted by Gasteiger charge is 2.32. The average molecular weight is 344 g/mol. The van der Waals surface area contributed by atoms with Crippen LogP contribution in [0, 0.1) is 5.92 Å². The fourth-order valence-electron chi connectivity index (χ4n) is 2.85. The molecule has 3 N–H and O–H groups in total. The van der Waals surface area contributed by atoms with Crippen molar-refractivity contribution in [3.8, 4) is 0 Å². The number of hydrogen-bond acceptors (Lipinski definition) is 3. The van der Waals surface area contributed by atoms with Crippen LogP contribution in [0.2, 0.25) is 0 Å². The first-order valence-electron chi connectivity index (χ1n) is 8.38. The zero-order chi connectivity index (χ0) is 17.0. The molecule has 1 aliphatic rings. The van der Waals surface area contributed by atoms with Crippen molar-refractivity contribution in [1.29, 1.82) is 0 Å². The Kier molecular flexibility index (Phi) is 5.21. The first kappa shape index (κ1) is 17.0. The van der Waals surface area contributed by atoms with Crippen molar-refractivity contribution in [3.05, 3.63) is 58.3 Å². The molecule has 5 heteroatoms. The van der Waals surface area contributed by atoms with Gasteiger partial charge in [-0.25, -0.2) is 4.79 Å². The summed E-state index contributed by atoms with van der Waals surface area (Å²) in [6.45, 7) is 1.91. The van der Waals surface area contributed by atoms with Crippen molar-refractivity contribution in [3.63, 3.8) is 0 Å². The summed E-state index contributed by atoms with van der Waals surface area (Å²) in [4.78, 5) is 12.3. The lowest BCUT2D eigenvalue weighted by Crippen LogP contribution is -2.48. The van der Waals surface area contributed by atoms with E-state index in [1.165, 1.54) is 29.7 Å². The van der Waals surface area contributed by atoms with Crippen LogP contribution in [-0.2, 0) is 12.0 Å². The van der Waals surface area contributed by atoms with E-state index < -0.39 is 5.60 Å². The molecule has 3 rings (SSSR count). The third-order valence-electron chi connectivity index (χ3n) is 4.54. The van der Waals surface area contributed by atoms with Gasteiger partial charge in [0, 0.05) is 6.04 Å². The number of carbonyl (C=O) groups is 1. The van der Waals surface area contributed by atoms with Crippen molar-refractivity contribution in [2.24, 2.45) is 5.92 Å². The zero-order valence-corrected chi connectivity index (χ0v) is 14.7. The average Bonchev–Trinajstić information content (AvgIpc) is 3.26. The maximum atomic E-state index is 12.3. The minimum absolute atomic E-state index is 0.151. The van der Waals surface area contributed by atoms with Crippen molar-refractivity contribution in [2.75, 3.05) is 6.54 Å². The second-order valence-corrected chi connectivity index (χ2v) is 7.53. The van der Waals surface area contributed by atoms with Gasteiger partial charge in [-0.3, -0.25) is 0 Å². The van der Waals surface area contributed by atoms with Crippen LogP contribution in [0.5, 0.6) is 0 Å². The lowest BCUT2D eigenvalue weighted by Gasteiger charge is -2.24.